The highest BCUT2D eigenvalue weighted by Gasteiger charge is 2.06. The Kier molecular flexibility index (Phi) is 14.0. The molecule has 2 nitrogen and oxygen atoms in total. The summed E-state index contributed by atoms with van der Waals surface area (Å²) in [5.74, 6) is 0.201. The van der Waals surface area contributed by atoms with Gasteiger partial charge in [-0.25, -0.2) is 0 Å². The molecular formula is C25H43NO. The number of benzene rings is 1. The third-order valence-electron chi connectivity index (χ3n) is 5.30. The maximum absolute atomic E-state index is 12.0. The molecule has 0 heterocycles. The van der Waals surface area contributed by atoms with Gasteiger partial charge in [0.1, 0.15) is 0 Å². The minimum atomic E-state index is 0.201. The van der Waals surface area contributed by atoms with Crippen molar-refractivity contribution >= 4 is 5.78 Å². The van der Waals surface area contributed by atoms with Gasteiger partial charge in [0.15, 0.2) is 5.78 Å². The second-order valence-corrected chi connectivity index (χ2v) is 8.35. The summed E-state index contributed by atoms with van der Waals surface area (Å²) < 4.78 is 0. The number of rotatable bonds is 17. The van der Waals surface area contributed by atoms with Crippen LogP contribution in [0.15, 0.2) is 24.3 Å². The van der Waals surface area contributed by atoms with Gasteiger partial charge < -0.3 is 4.90 Å². The summed E-state index contributed by atoms with van der Waals surface area (Å²) in [6.45, 7) is 2.77. The van der Waals surface area contributed by atoms with Gasteiger partial charge in [0.05, 0.1) is 6.54 Å². The van der Waals surface area contributed by atoms with E-state index in [1.54, 1.807) is 0 Å². The summed E-state index contributed by atoms with van der Waals surface area (Å²) in [4.78, 5) is 13.9. The highest BCUT2D eigenvalue weighted by atomic mass is 16.1. The van der Waals surface area contributed by atoms with Crippen molar-refractivity contribution in [2.75, 3.05) is 20.6 Å². The van der Waals surface area contributed by atoms with Crippen LogP contribution in [0.5, 0.6) is 0 Å². The zero-order valence-electron chi connectivity index (χ0n) is 18.3. The van der Waals surface area contributed by atoms with E-state index in [9.17, 15) is 4.79 Å². The quantitative estimate of drug-likeness (QED) is 0.215. The Bertz CT molecular complexity index is 478. The molecule has 27 heavy (non-hydrogen) atoms. The van der Waals surface area contributed by atoms with Crippen LogP contribution in [0.25, 0.3) is 0 Å². The number of Topliss-reactive ketones (excluding diaryl/α,β-unsaturated/α-hetero) is 1. The molecule has 0 amide bonds. The SMILES string of the molecule is CCCCCCCCCCCCCCCc1ccc(C(=O)CN(C)C)cc1. The number of hydrogen-bond acceptors (Lipinski definition) is 2. The van der Waals surface area contributed by atoms with Gasteiger partial charge in [-0.15, -0.1) is 0 Å². The van der Waals surface area contributed by atoms with Crippen molar-refractivity contribution in [1.82, 2.24) is 4.90 Å². The lowest BCUT2D eigenvalue weighted by atomic mass is 10.0. The van der Waals surface area contributed by atoms with E-state index in [-0.39, 0.29) is 5.78 Å². The highest BCUT2D eigenvalue weighted by molar-refractivity contribution is 5.97. The summed E-state index contributed by atoms with van der Waals surface area (Å²) >= 11 is 0. The fourth-order valence-electron chi connectivity index (χ4n) is 3.58. The van der Waals surface area contributed by atoms with Crippen molar-refractivity contribution in [3.63, 3.8) is 0 Å². The standard InChI is InChI=1S/C25H43NO/c1-4-5-6-7-8-9-10-11-12-13-14-15-16-17-23-18-20-24(21-19-23)25(27)22-26(2)3/h18-21H,4-17,22H2,1-3H3. The van der Waals surface area contributed by atoms with Crippen LogP contribution in [-0.4, -0.2) is 31.3 Å². The summed E-state index contributed by atoms with van der Waals surface area (Å²) in [5, 5.41) is 0. The summed E-state index contributed by atoms with van der Waals surface area (Å²) in [6, 6.07) is 8.24. The zero-order valence-corrected chi connectivity index (χ0v) is 18.3. The number of unbranched alkanes of at least 4 members (excludes halogenated alkanes) is 12. The molecule has 0 unspecified atom stereocenters. The first kappa shape index (κ1) is 23.9. The van der Waals surface area contributed by atoms with Gasteiger partial charge in [-0.3, -0.25) is 4.79 Å². The van der Waals surface area contributed by atoms with Crippen LogP contribution >= 0.6 is 0 Å². The smallest absolute Gasteiger partial charge is 0.176 e. The summed E-state index contributed by atoms with van der Waals surface area (Å²) in [5.41, 5.74) is 2.19. The maximum atomic E-state index is 12.0. The predicted molar refractivity (Wildman–Crippen MR) is 119 cm³/mol. The van der Waals surface area contributed by atoms with Gasteiger partial charge in [-0.05, 0) is 32.5 Å². The van der Waals surface area contributed by atoms with Gasteiger partial charge in [-0.2, -0.15) is 0 Å². The molecule has 0 radical (unpaired) electrons. The monoisotopic (exact) mass is 373 g/mol. The largest absolute Gasteiger partial charge is 0.302 e. The number of carbonyl (C=O) groups excluding carboxylic acids is 1. The molecule has 1 aromatic rings. The molecule has 0 saturated heterocycles. The van der Waals surface area contributed by atoms with Crippen molar-refractivity contribution in [1.29, 1.82) is 0 Å². The topological polar surface area (TPSA) is 20.3 Å². The molecule has 2 heteroatoms. The molecule has 1 rings (SSSR count). The minimum Gasteiger partial charge on any atom is -0.302 e. The van der Waals surface area contributed by atoms with E-state index in [1.807, 2.05) is 31.1 Å². The Labute approximate surface area is 168 Å². The van der Waals surface area contributed by atoms with Crippen LogP contribution in [0.2, 0.25) is 0 Å². The van der Waals surface area contributed by atoms with Crippen LogP contribution in [0, 0.1) is 0 Å². The first-order chi connectivity index (χ1) is 13.1. The lowest BCUT2D eigenvalue weighted by Gasteiger charge is -2.09. The molecule has 0 aliphatic carbocycles. The fourth-order valence-corrected chi connectivity index (χ4v) is 3.58. The van der Waals surface area contributed by atoms with Crippen molar-refractivity contribution in [3.05, 3.63) is 35.4 Å². The fraction of sp³-hybridized carbons (Fsp3) is 0.720. The van der Waals surface area contributed by atoms with E-state index in [0.717, 1.165) is 12.0 Å². The van der Waals surface area contributed by atoms with Gasteiger partial charge in [-0.1, -0.05) is 108 Å². The molecule has 154 valence electrons. The lowest BCUT2D eigenvalue weighted by molar-refractivity contribution is 0.0958. The van der Waals surface area contributed by atoms with Gasteiger partial charge in [0.25, 0.3) is 0 Å². The summed E-state index contributed by atoms with van der Waals surface area (Å²) in [6.07, 6.45) is 19.3. The van der Waals surface area contributed by atoms with Crippen molar-refractivity contribution in [3.8, 4) is 0 Å². The molecule has 0 fully saturated rings. The maximum Gasteiger partial charge on any atom is 0.176 e. The van der Waals surface area contributed by atoms with Crippen molar-refractivity contribution in [2.24, 2.45) is 0 Å². The van der Waals surface area contributed by atoms with E-state index in [4.69, 9.17) is 0 Å². The Morgan fingerprint density at radius 2 is 1.15 bits per heavy atom. The molecule has 0 aliphatic heterocycles. The number of likely N-dealkylation sites (N-methyl/N-ethyl adjacent to an activating group) is 1. The first-order valence-corrected chi connectivity index (χ1v) is 11.4. The van der Waals surface area contributed by atoms with E-state index < -0.39 is 0 Å². The Hall–Kier alpha value is -1.15. The molecule has 0 saturated carbocycles. The van der Waals surface area contributed by atoms with Crippen LogP contribution < -0.4 is 0 Å². The third kappa shape index (κ3) is 12.8. The van der Waals surface area contributed by atoms with E-state index in [1.165, 1.54) is 89.0 Å². The molecule has 0 bridgehead atoms. The highest BCUT2D eigenvalue weighted by Crippen LogP contribution is 2.14. The normalized spacial score (nSPS) is 11.3. The molecule has 0 atom stereocenters. The van der Waals surface area contributed by atoms with Crippen LogP contribution in [-0.2, 0) is 6.42 Å². The average Bonchev–Trinajstić information content (AvgIpc) is 2.65. The Morgan fingerprint density at radius 1 is 0.704 bits per heavy atom. The van der Waals surface area contributed by atoms with Crippen LogP contribution in [0.1, 0.15) is 106 Å². The number of aryl methyl sites for hydroxylation is 1. The van der Waals surface area contributed by atoms with Gasteiger partial charge in [0.2, 0.25) is 0 Å². The molecule has 0 N–H and O–H groups in total. The van der Waals surface area contributed by atoms with E-state index in [0.29, 0.717) is 6.54 Å². The average molecular weight is 374 g/mol. The van der Waals surface area contributed by atoms with Crippen molar-refractivity contribution in [2.45, 2.75) is 96.8 Å². The number of ketones is 1. The van der Waals surface area contributed by atoms with Crippen LogP contribution in [0.3, 0.4) is 0 Å². The van der Waals surface area contributed by atoms with E-state index in [2.05, 4.69) is 19.1 Å². The molecule has 0 spiro atoms. The molecule has 1 aromatic carbocycles. The second kappa shape index (κ2) is 15.9. The summed E-state index contributed by atoms with van der Waals surface area (Å²) in [7, 11) is 3.86. The number of carbonyl (C=O) groups is 1. The Morgan fingerprint density at radius 3 is 1.59 bits per heavy atom. The zero-order chi connectivity index (χ0) is 19.7. The van der Waals surface area contributed by atoms with Crippen LogP contribution in [0.4, 0.5) is 0 Å². The van der Waals surface area contributed by atoms with E-state index >= 15 is 0 Å². The minimum absolute atomic E-state index is 0.201. The molecule has 0 aromatic heterocycles. The second-order valence-electron chi connectivity index (χ2n) is 8.35. The van der Waals surface area contributed by atoms with Gasteiger partial charge in [0, 0.05) is 5.56 Å². The lowest BCUT2D eigenvalue weighted by Crippen LogP contribution is -2.21. The Balaban J connectivity index is 1.97. The number of hydrogen-bond donors (Lipinski definition) is 0. The molecular weight excluding hydrogens is 330 g/mol. The molecule has 0 aliphatic rings. The van der Waals surface area contributed by atoms with Gasteiger partial charge >= 0.3 is 0 Å². The predicted octanol–water partition coefficient (Wildman–Crippen LogP) is 7.06. The number of nitrogens with zero attached hydrogens (tertiary/aromatic N) is 1. The van der Waals surface area contributed by atoms with Crippen molar-refractivity contribution < 1.29 is 4.79 Å². The first-order valence-electron chi connectivity index (χ1n) is 11.4. The third-order valence-corrected chi connectivity index (χ3v) is 5.30.